The number of hydrogen-bond acceptors (Lipinski definition) is 2. The molecular formula is C15H10BrClF2N4O. The molecule has 124 valence electrons. The molecule has 0 aliphatic heterocycles. The summed E-state index contributed by atoms with van der Waals surface area (Å²) in [5.74, 6) is -3.38. The summed E-state index contributed by atoms with van der Waals surface area (Å²) in [6.07, 6.45) is -0.243. The Balaban J connectivity index is 1.89. The van der Waals surface area contributed by atoms with Gasteiger partial charge in [0.1, 0.15) is 10.6 Å². The molecule has 0 spiro atoms. The van der Waals surface area contributed by atoms with Crippen LogP contribution in [0, 0.1) is 0 Å². The molecule has 1 fully saturated rings. The normalized spacial score (nSPS) is 18.9. The molecule has 2 heterocycles. The minimum absolute atomic E-state index is 0.241. The topological polar surface area (TPSA) is 76.7 Å². The third-order valence-electron chi connectivity index (χ3n) is 4.03. The summed E-state index contributed by atoms with van der Waals surface area (Å²) in [5.41, 5.74) is 7.18. The van der Waals surface area contributed by atoms with Crippen LogP contribution in [0.25, 0.3) is 22.3 Å². The second kappa shape index (κ2) is 5.03. The Labute approximate surface area is 147 Å². The fraction of sp³-hybridized carbons (Fsp3) is 0.200. The number of H-pyrrole nitrogens is 1. The van der Waals surface area contributed by atoms with Crippen LogP contribution < -0.4 is 5.73 Å². The lowest BCUT2D eigenvalue weighted by Gasteiger charge is -2.04. The van der Waals surface area contributed by atoms with Crippen molar-refractivity contribution >= 4 is 44.3 Å². The first-order valence-electron chi connectivity index (χ1n) is 7.01. The maximum absolute atomic E-state index is 13.4. The maximum Gasteiger partial charge on any atom is 0.272 e. The molecule has 0 saturated heterocycles. The summed E-state index contributed by atoms with van der Waals surface area (Å²) >= 11 is 9.23. The lowest BCUT2D eigenvalue weighted by atomic mass is 10.1. The van der Waals surface area contributed by atoms with Crippen molar-refractivity contribution in [1.82, 2.24) is 14.8 Å². The van der Waals surface area contributed by atoms with Crippen molar-refractivity contribution in [2.24, 2.45) is 5.73 Å². The van der Waals surface area contributed by atoms with Crippen LogP contribution in [0.5, 0.6) is 0 Å². The van der Waals surface area contributed by atoms with Gasteiger partial charge in [-0.1, -0.05) is 11.6 Å². The summed E-state index contributed by atoms with van der Waals surface area (Å²) < 4.78 is 28.6. The molecule has 1 amide bonds. The number of carbonyl (C=O) groups is 1. The molecule has 4 rings (SSSR count). The van der Waals surface area contributed by atoms with Crippen molar-refractivity contribution < 1.29 is 13.6 Å². The zero-order valence-electron chi connectivity index (χ0n) is 12.0. The van der Waals surface area contributed by atoms with Crippen LogP contribution in [0.15, 0.2) is 28.9 Å². The number of hydrogen-bond donors (Lipinski definition) is 2. The number of nitrogens with one attached hydrogen (secondary N) is 1. The Hall–Kier alpha value is -1.93. The zero-order valence-corrected chi connectivity index (χ0v) is 14.3. The Morgan fingerprint density at radius 1 is 1.42 bits per heavy atom. The number of nitrogens with two attached hydrogens (primary N) is 1. The van der Waals surface area contributed by atoms with E-state index in [0.717, 1.165) is 0 Å². The van der Waals surface area contributed by atoms with E-state index in [4.69, 9.17) is 17.3 Å². The van der Waals surface area contributed by atoms with Gasteiger partial charge in [-0.3, -0.25) is 9.48 Å². The van der Waals surface area contributed by atoms with Gasteiger partial charge < -0.3 is 10.7 Å². The Bertz CT molecular complexity index is 997. The smallest absolute Gasteiger partial charge is 0.272 e. The molecule has 1 unspecified atom stereocenters. The summed E-state index contributed by atoms with van der Waals surface area (Å²) in [5, 5.41) is 5.14. The number of primary amides is 1. The van der Waals surface area contributed by atoms with Crippen LogP contribution in [0.3, 0.4) is 0 Å². The van der Waals surface area contributed by atoms with Crippen molar-refractivity contribution in [3.8, 4) is 11.4 Å². The molecule has 3 N–H and O–H groups in total. The van der Waals surface area contributed by atoms with Gasteiger partial charge in [0.2, 0.25) is 0 Å². The van der Waals surface area contributed by atoms with Crippen molar-refractivity contribution in [1.29, 1.82) is 0 Å². The third kappa shape index (κ3) is 2.41. The van der Waals surface area contributed by atoms with E-state index in [1.807, 2.05) is 0 Å². The van der Waals surface area contributed by atoms with Crippen LogP contribution in [0.1, 0.15) is 22.8 Å². The van der Waals surface area contributed by atoms with E-state index in [2.05, 4.69) is 26.0 Å². The Morgan fingerprint density at radius 2 is 2.12 bits per heavy atom. The molecule has 1 aliphatic carbocycles. The largest absolute Gasteiger partial charge is 0.366 e. The fourth-order valence-electron chi connectivity index (χ4n) is 2.81. The summed E-state index contributed by atoms with van der Waals surface area (Å²) in [6.45, 7) is 0. The van der Waals surface area contributed by atoms with E-state index in [1.54, 1.807) is 18.2 Å². The predicted octanol–water partition coefficient (Wildman–Crippen LogP) is 4.13. The van der Waals surface area contributed by atoms with Gasteiger partial charge in [-0.2, -0.15) is 5.10 Å². The van der Waals surface area contributed by atoms with Crippen molar-refractivity contribution in [3.63, 3.8) is 0 Å². The number of halogens is 4. The Kier molecular flexibility index (Phi) is 3.27. The van der Waals surface area contributed by atoms with Crippen molar-refractivity contribution in [2.45, 2.75) is 18.4 Å². The van der Waals surface area contributed by atoms with Gasteiger partial charge in [-0.25, -0.2) is 8.78 Å². The van der Waals surface area contributed by atoms with E-state index >= 15 is 0 Å². The molecule has 1 aliphatic rings. The number of alkyl halides is 2. The average Bonchev–Trinajstić information content (AvgIpc) is 2.86. The lowest BCUT2D eigenvalue weighted by molar-refractivity contribution is 0.0983. The highest BCUT2D eigenvalue weighted by Crippen LogP contribution is 2.53. The van der Waals surface area contributed by atoms with Gasteiger partial charge in [0.25, 0.3) is 11.8 Å². The van der Waals surface area contributed by atoms with Gasteiger partial charge in [0.15, 0.2) is 0 Å². The van der Waals surface area contributed by atoms with Crippen LogP contribution in [0.4, 0.5) is 8.78 Å². The van der Waals surface area contributed by atoms with Crippen molar-refractivity contribution in [2.75, 3.05) is 0 Å². The molecule has 9 heteroatoms. The number of benzene rings is 1. The third-order valence-corrected chi connectivity index (χ3v) is 4.63. The standard InChI is InChI=1S/C15H10BrClF2N4O/c16-12-4-10(23(22-12)11-5-15(11,18)19)9-2-6-1-7(17)3-8(14(20)24)13(6)21-9/h1-4,11,21H,5H2,(H2,20,24). The minimum Gasteiger partial charge on any atom is -0.366 e. The van der Waals surface area contributed by atoms with Crippen molar-refractivity contribution in [3.05, 3.63) is 39.5 Å². The number of aromatic nitrogens is 3. The predicted molar refractivity (Wildman–Crippen MR) is 89.3 cm³/mol. The SMILES string of the molecule is NC(=O)c1cc(Cl)cc2cc(-c3cc(Br)nn3C3CC3(F)F)[nH]c12. The van der Waals surface area contributed by atoms with Gasteiger partial charge in [0.05, 0.1) is 22.5 Å². The molecule has 1 atom stereocenters. The van der Waals surface area contributed by atoms with E-state index in [9.17, 15) is 13.6 Å². The second-order valence-corrected chi connectivity index (χ2v) is 6.99. The number of aromatic amines is 1. The number of nitrogens with zero attached hydrogens (tertiary/aromatic N) is 2. The maximum atomic E-state index is 13.4. The first kappa shape index (κ1) is 15.6. The Morgan fingerprint density at radius 3 is 2.75 bits per heavy atom. The summed E-state index contributed by atoms with van der Waals surface area (Å²) in [6, 6.07) is 5.54. The van der Waals surface area contributed by atoms with Crippen LogP contribution in [-0.2, 0) is 0 Å². The van der Waals surface area contributed by atoms with Crippen LogP contribution in [0.2, 0.25) is 5.02 Å². The molecule has 0 radical (unpaired) electrons. The minimum atomic E-state index is -2.76. The van der Waals surface area contributed by atoms with E-state index in [0.29, 0.717) is 31.9 Å². The lowest BCUT2D eigenvalue weighted by Crippen LogP contribution is -2.11. The molecule has 24 heavy (non-hydrogen) atoms. The molecular weight excluding hydrogens is 406 g/mol. The van der Waals surface area contributed by atoms with Gasteiger partial charge in [-0.05, 0) is 34.1 Å². The molecule has 5 nitrogen and oxygen atoms in total. The summed E-state index contributed by atoms with van der Waals surface area (Å²) in [7, 11) is 0. The number of amides is 1. The average molecular weight is 416 g/mol. The molecule has 1 saturated carbocycles. The number of fused-ring (bicyclic) bond motifs is 1. The highest BCUT2D eigenvalue weighted by atomic mass is 79.9. The number of rotatable bonds is 3. The quantitative estimate of drug-likeness (QED) is 0.675. The van der Waals surface area contributed by atoms with E-state index < -0.39 is 17.9 Å². The van der Waals surface area contributed by atoms with Crippen LogP contribution >= 0.6 is 27.5 Å². The van der Waals surface area contributed by atoms with Gasteiger partial charge in [-0.15, -0.1) is 0 Å². The zero-order chi connectivity index (χ0) is 17.2. The van der Waals surface area contributed by atoms with Crippen LogP contribution in [-0.4, -0.2) is 26.6 Å². The first-order valence-corrected chi connectivity index (χ1v) is 8.18. The first-order chi connectivity index (χ1) is 11.3. The second-order valence-electron chi connectivity index (χ2n) is 5.74. The van der Waals surface area contributed by atoms with E-state index in [-0.39, 0.29) is 12.0 Å². The highest BCUT2D eigenvalue weighted by Gasteiger charge is 2.59. The molecule has 0 bridgehead atoms. The van der Waals surface area contributed by atoms with Gasteiger partial charge in [0, 0.05) is 22.9 Å². The molecule has 1 aromatic carbocycles. The monoisotopic (exact) mass is 414 g/mol. The molecule has 2 aromatic heterocycles. The molecule has 3 aromatic rings. The van der Waals surface area contributed by atoms with Gasteiger partial charge >= 0.3 is 0 Å². The number of carbonyl (C=O) groups excluding carboxylic acids is 1. The summed E-state index contributed by atoms with van der Waals surface area (Å²) in [4.78, 5) is 14.7. The van der Waals surface area contributed by atoms with E-state index in [1.165, 1.54) is 10.7 Å². The fourth-order valence-corrected chi connectivity index (χ4v) is 3.42. The highest BCUT2D eigenvalue weighted by molar-refractivity contribution is 9.10.